The lowest BCUT2D eigenvalue weighted by molar-refractivity contribution is -0.0685. The number of carbonyl (C=O) groups is 1. The van der Waals surface area contributed by atoms with Crippen LogP contribution in [-0.2, 0) is 11.8 Å². The molecule has 1 fully saturated rings. The van der Waals surface area contributed by atoms with Gasteiger partial charge in [0.15, 0.2) is 5.76 Å². The summed E-state index contributed by atoms with van der Waals surface area (Å²) in [5, 5.41) is 7.21. The van der Waals surface area contributed by atoms with Gasteiger partial charge in [-0.15, -0.1) is 0 Å². The second-order valence-electron chi connectivity index (χ2n) is 6.07. The van der Waals surface area contributed by atoms with Crippen LogP contribution < -0.4 is 5.32 Å². The molecule has 0 spiro atoms. The molecule has 1 aliphatic heterocycles. The normalized spacial score (nSPS) is 21.8. The summed E-state index contributed by atoms with van der Waals surface area (Å²) in [6, 6.07) is 1.86. The number of nitrogens with one attached hydrogen (secondary N) is 1. The Morgan fingerprint density at radius 2 is 2.33 bits per heavy atom. The van der Waals surface area contributed by atoms with Crippen LogP contribution in [0.15, 0.2) is 29.1 Å². The van der Waals surface area contributed by atoms with Crippen molar-refractivity contribution in [2.24, 2.45) is 7.05 Å². The maximum absolute atomic E-state index is 12.3. The molecule has 0 saturated carbocycles. The van der Waals surface area contributed by atoms with Crippen molar-refractivity contribution in [3.05, 3.63) is 41.6 Å². The Bertz CT molecular complexity index is 694. The van der Waals surface area contributed by atoms with Crippen molar-refractivity contribution >= 4 is 5.91 Å². The van der Waals surface area contributed by atoms with Gasteiger partial charge in [0.2, 0.25) is 0 Å². The Hall–Kier alpha value is -2.12. The summed E-state index contributed by atoms with van der Waals surface area (Å²) in [5.41, 5.74) is 1.93. The fourth-order valence-corrected chi connectivity index (χ4v) is 3.21. The molecular formula is C17H24N4O3. The first kappa shape index (κ1) is 16.7. The largest absolute Gasteiger partial charge is 0.459 e. The third-order valence-electron chi connectivity index (χ3n) is 4.46. The van der Waals surface area contributed by atoms with Crippen molar-refractivity contribution in [3.8, 4) is 0 Å². The second kappa shape index (κ2) is 7.19. The highest BCUT2D eigenvalue weighted by Crippen LogP contribution is 2.28. The fraction of sp³-hybridized carbons (Fsp3) is 0.529. The van der Waals surface area contributed by atoms with Gasteiger partial charge in [0.1, 0.15) is 0 Å². The molecular weight excluding hydrogens is 308 g/mol. The summed E-state index contributed by atoms with van der Waals surface area (Å²) in [4.78, 5) is 14.6. The third-order valence-corrected chi connectivity index (χ3v) is 4.46. The first-order chi connectivity index (χ1) is 11.6. The summed E-state index contributed by atoms with van der Waals surface area (Å²) in [5.74, 6) is 0.149. The van der Waals surface area contributed by atoms with Gasteiger partial charge in [0, 0.05) is 37.5 Å². The summed E-state index contributed by atoms with van der Waals surface area (Å²) >= 11 is 0. The molecule has 0 radical (unpaired) electrons. The quantitative estimate of drug-likeness (QED) is 0.899. The highest BCUT2D eigenvalue weighted by molar-refractivity contribution is 5.92. The zero-order chi connectivity index (χ0) is 17.1. The van der Waals surface area contributed by atoms with Crippen LogP contribution >= 0.6 is 0 Å². The lowest BCUT2D eigenvalue weighted by atomic mass is 10.0. The first-order valence-electron chi connectivity index (χ1n) is 8.26. The van der Waals surface area contributed by atoms with Gasteiger partial charge in [-0.25, -0.2) is 0 Å². The molecule has 0 unspecified atom stereocenters. The van der Waals surface area contributed by atoms with E-state index in [9.17, 15) is 4.79 Å². The Kier molecular flexibility index (Phi) is 5.01. The topological polar surface area (TPSA) is 72.5 Å². The monoisotopic (exact) mass is 332 g/mol. The van der Waals surface area contributed by atoms with E-state index < -0.39 is 0 Å². The van der Waals surface area contributed by atoms with Gasteiger partial charge in [-0.1, -0.05) is 6.92 Å². The van der Waals surface area contributed by atoms with E-state index in [-0.39, 0.29) is 18.1 Å². The van der Waals surface area contributed by atoms with Gasteiger partial charge in [-0.2, -0.15) is 5.10 Å². The van der Waals surface area contributed by atoms with Crippen molar-refractivity contribution in [1.82, 2.24) is 20.0 Å². The van der Waals surface area contributed by atoms with Crippen molar-refractivity contribution < 1.29 is 13.9 Å². The molecule has 24 heavy (non-hydrogen) atoms. The van der Waals surface area contributed by atoms with Crippen molar-refractivity contribution in [2.75, 3.05) is 26.2 Å². The maximum Gasteiger partial charge on any atom is 0.287 e. The van der Waals surface area contributed by atoms with Crippen molar-refractivity contribution in [2.45, 2.75) is 26.0 Å². The lowest BCUT2D eigenvalue weighted by Gasteiger charge is -2.40. The number of aryl methyl sites for hydroxylation is 2. The standard InChI is InChI=1S/C17H24N4O3/c1-4-21-6-8-23-14(15(21)13-9-19-20(3)11-13)10-18-17(22)16-12(2)5-7-24-16/h5,7,9,11,14-15H,4,6,8,10H2,1-3H3,(H,18,22)/t14-,15-/m0/s1. The average molecular weight is 332 g/mol. The Morgan fingerprint density at radius 1 is 1.50 bits per heavy atom. The summed E-state index contributed by atoms with van der Waals surface area (Å²) in [6.07, 6.45) is 5.28. The van der Waals surface area contributed by atoms with Crippen LogP contribution in [0.3, 0.4) is 0 Å². The minimum absolute atomic E-state index is 0.0791. The van der Waals surface area contributed by atoms with E-state index in [1.165, 1.54) is 6.26 Å². The minimum atomic E-state index is -0.209. The molecule has 1 amide bonds. The number of likely N-dealkylation sites (N-methyl/N-ethyl adjacent to an activating group) is 1. The Balaban J connectivity index is 1.72. The molecule has 0 aromatic carbocycles. The molecule has 7 heteroatoms. The van der Waals surface area contributed by atoms with E-state index in [0.29, 0.717) is 18.9 Å². The zero-order valence-electron chi connectivity index (χ0n) is 14.4. The maximum atomic E-state index is 12.3. The average Bonchev–Trinajstić information content (AvgIpc) is 3.20. The van der Waals surface area contributed by atoms with E-state index in [0.717, 1.165) is 24.2 Å². The van der Waals surface area contributed by atoms with Crippen LogP contribution in [-0.4, -0.2) is 52.9 Å². The number of rotatable bonds is 5. The fourth-order valence-electron chi connectivity index (χ4n) is 3.21. The highest BCUT2D eigenvalue weighted by atomic mass is 16.5. The number of nitrogens with zero attached hydrogens (tertiary/aromatic N) is 3. The predicted molar refractivity (Wildman–Crippen MR) is 88.7 cm³/mol. The summed E-state index contributed by atoms with van der Waals surface area (Å²) in [6.45, 7) is 6.87. The van der Waals surface area contributed by atoms with Crippen LogP contribution in [0.2, 0.25) is 0 Å². The van der Waals surface area contributed by atoms with Gasteiger partial charge < -0.3 is 14.5 Å². The molecule has 7 nitrogen and oxygen atoms in total. The first-order valence-corrected chi connectivity index (χ1v) is 8.26. The Labute approximate surface area is 141 Å². The minimum Gasteiger partial charge on any atom is -0.459 e. The number of morpholine rings is 1. The Morgan fingerprint density at radius 3 is 2.96 bits per heavy atom. The van der Waals surface area contributed by atoms with E-state index >= 15 is 0 Å². The molecule has 3 heterocycles. The smallest absolute Gasteiger partial charge is 0.287 e. The highest BCUT2D eigenvalue weighted by Gasteiger charge is 2.34. The number of hydrogen-bond donors (Lipinski definition) is 1. The summed E-state index contributed by atoms with van der Waals surface area (Å²) < 4.78 is 13.0. The number of amides is 1. The van der Waals surface area contributed by atoms with E-state index in [4.69, 9.17) is 9.15 Å². The molecule has 0 aliphatic carbocycles. The SMILES string of the molecule is CCN1CCO[C@@H](CNC(=O)c2occc2C)[C@@H]1c1cnn(C)c1. The number of carbonyl (C=O) groups excluding carboxylic acids is 1. The van der Waals surface area contributed by atoms with Crippen LogP contribution in [0.4, 0.5) is 0 Å². The van der Waals surface area contributed by atoms with Gasteiger partial charge in [0.05, 0.1) is 31.2 Å². The predicted octanol–water partition coefficient (Wildman–Crippen LogP) is 1.51. The summed E-state index contributed by atoms with van der Waals surface area (Å²) in [7, 11) is 1.90. The van der Waals surface area contributed by atoms with Crippen LogP contribution in [0.1, 0.15) is 34.6 Å². The third kappa shape index (κ3) is 3.37. The van der Waals surface area contributed by atoms with Gasteiger partial charge in [-0.05, 0) is 19.5 Å². The molecule has 2 aromatic rings. The van der Waals surface area contributed by atoms with Crippen LogP contribution in [0.5, 0.6) is 0 Å². The molecule has 2 aromatic heterocycles. The number of furan rings is 1. The van der Waals surface area contributed by atoms with Gasteiger partial charge >= 0.3 is 0 Å². The van der Waals surface area contributed by atoms with Crippen LogP contribution in [0.25, 0.3) is 0 Å². The number of aromatic nitrogens is 2. The molecule has 1 saturated heterocycles. The molecule has 3 rings (SSSR count). The van der Waals surface area contributed by atoms with E-state index in [1.807, 2.05) is 26.4 Å². The lowest BCUT2D eigenvalue weighted by Crippen LogP contribution is -2.49. The van der Waals surface area contributed by atoms with E-state index in [1.54, 1.807) is 10.7 Å². The van der Waals surface area contributed by atoms with Gasteiger partial charge in [0.25, 0.3) is 5.91 Å². The van der Waals surface area contributed by atoms with Gasteiger partial charge in [-0.3, -0.25) is 14.4 Å². The second-order valence-corrected chi connectivity index (χ2v) is 6.07. The molecule has 2 atom stereocenters. The van der Waals surface area contributed by atoms with Crippen molar-refractivity contribution in [3.63, 3.8) is 0 Å². The molecule has 1 aliphatic rings. The van der Waals surface area contributed by atoms with E-state index in [2.05, 4.69) is 22.2 Å². The number of ether oxygens (including phenoxy) is 1. The van der Waals surface area contributed by atoms with Crippen molar-refractivity contribution in [1.29, 1.82) is 0 Å². The molecule has 130 valence electrons. The van der Waals surface area contributed by atoms with Crippen LogP contribution in [0, 0.1) is 6.92 Å². The molecule has 0 bridgehead atoms. The molecule has 1 N–H and O–H groups in total. The number of hydrogen-bond acceptors (Lipinski definition) is 5. The zero-order valence-corrected chi connectivity index (χ0v) is 14.4.